The molecule has 0 aromatic carbocycles. The minimum atomic E-state index is 0.436. The number of thiophene rings is 1. The zero-order valence-electron chi connectivity index (χ0n) is 8.46. The highest BCUT2D eigenvalue weighted by Crippen LogP contribution is 2.24. The van der Waals surface area contributed by atoms with Gasteiger partial charge >= 0.3 is 0 Å². The van der Waals surface area contributed by atoms with Crippen LogP contribution in [0.1, 0.15) is 22.9 Å². The summed E-state index contributed by atoms with van der Waals surface area (Å²) in [6, 6.07) is 2.63. The Labute approximate surface area is 83.9 Å². The zero-order chi connectivity index (χ0) is 9.68. The second kappa shape index (κ2) is 5.37. The molecule has 0 saturated heterocycles. The van der Waals surface area contributed by atoms with Crippen molar-refractivity contribution in [3.63, 3.8) is 0 Å². The molecule has 3 heteroatoms. The molecule has 0 amide bonds. The lowest BCUT2D eigenvalue weighted by Crippen LogP contribution is -2.18. The van der Waals surface area contributed by atoms with E-state index in [1.54, 1.807) is 18.4 Å². The quantitative estimate of drug-likeness (QED) is 0.786. The number of ether oxygens (including phenoxy) is 1. The molecule has 0 aliphatic carbocycles. The third-order valence-electron chi connectivity index (χ3n) is 2.23. The van der Waals surface area contributed by atoms with Gasteiger partial charge in [-0.25, -0.2) is 0 Å². The molecule has 13 heavy (non-hydrogen) atoms. The molecule has 2 nitrogen and oxygen atoms in total. The molecule has 1 rings (SSSR count). The second-order valence-electron chi connectivity index (χ2n) is 3.05. The SMILES string of the molecule is CNC(CCOC)c1ccsc1C. The van der Waals surface area contributed by atoms with Gasteiger partial charge in [0.15, 0.2) is 0 Å². The molecule has 1 unspecified atom stereocenters. The predicted molar refractivity (Wildman–Crippen MR) is 57.3 cm³/mol. The molecule has 0 radical (unpaired) electrons. The lowest BCUT2D eigenvalue weighted by molar-refractivity contribution is 0.184. The molecule has 1 heterocycles. The first-order valence-corrected chi connectivity index (χ1v) is 5.37. The first-order chi connectivity index (χ1) is 6.29. The summed E-state index contributed by atoms with van der Waals surface area (Å²) in [5.41, 5.74) is 1.41. The zero-order valence-corrected chi connectivity index (χ0v) is 9.28. The molecule has 0 bridgehead atoms. The Kier molecular flexibility index (Phi) is 4.42. The van der Waals surface area contributed by atoms with Gasteiger partial charge in [0, 0.05) is 24.6 Å². The van der Waals surface area contributed by atoms with Crippen LogP contribution in [0, 0.1) is 6.92 Å². The molecule has 0 aliphatic rings. The van der Waals surface area contributed by atoms with Crippen molar-refractivity contribution in [2.45, 2.75) is 19.4 Å². The maximum Gasteiger partial charge on any atom is 0.0480 e. The van der Waals surface area contributed by atoms with Crippen LogP contribution in [0.25, 0.3) is 0 Å². The Bertz CT molecular complexity index is 247. The van der Waals surface area contributed by atoms with Crippen molar-refractivity contribution in [3.05, 3.63) is 21.9 Å². The summed E-state index contributed by atoms with van der Waals surface area (Å²) < 4.78 is 5.08. The van der Waals surface area contributed by atoms with Crippen LogP contribution in [0.3, 0.4) is 0 Å². The van der Waals surface area contributed by atoms with E-state index in [-0.39, 0.29) is 0 Å². The van der Waals surface area contributed by atoms with Crippen LogP contribution in [0.5, 0.6) is 0 Å². The van der Waals surface area contributed by atoms with E-state index < -0.39 is 0 Å². The van der Waals surface area contributed by atoms with Crippen molar-refractivity contribution in [2.24, 2.45) is 0 Å². The molecular formula is C10H17NOS. The highest BCUT2D eigenvalue weighted by Gasteiger charge is 2.11. The maximum absolute atomic E-state index is 5.08. The summed E-state index contributed by atoms with van der Waals surface area (Å²) in [7, 11) is 3.74. The average Bonchev–Trinajstić information content (AvgIpc) is 2.54. The molecule has 0 saturated carbocycles. The van der Waals surface area contributed by atoms with Crippen molar-refractivity contribution in [1.82, 2.24) is 5.32 Å². The molecule has 1 aromatic rings. The van der Waals surface area contributed by atoms with Crippen LogP contribution in [0.15, 0.2) is 11.4 Å². The second-order valence-corrected chi connectivity index (χ2v) is 4.18. The summed E-state index contributed by atoms with van der Waals surface area (Å²) in [4.78, 5) is 1.40. The summed E-state index contributed by atoms with van der Waals surface area (Å²) in [6.45, 7) is 2.97. The van der Waals surface area contributed by atoms with Gasteiger partial charge in [0.2, 0.25) is 0 Å². The van der Waals surface area contributed by atoms with Gasteiger partial charge in [-0.2, -0.15) is 0 Å². The van der Waals surface area contributed by atoms with Gasteiger partial charge < -0.3 is 10.1 Å². The van der Waals surface area contributed by atoms with Gasteiger partial charge in [0.05, 0.1) is 0 Å². The molecule has 1 atom stereocenters. The van der Waals surface area contributed by atoms with E-state index in [2.05, 4.69) is 23.7 Å². The standard InChI is InChI=1S/C10H17NOS/c1-8-9(5-7-13-8)10(11-2)4-6-12-3/h5,7,10-11H,4,6H2,1-3H3. The van der Waals surface area contributed by atoms with Crippen molar-refractivity contribution in [1.29, 1.82) is 0 Å². The topological polar surface area (TPSA) is 21.3 Å². The number of methoxy groups -OCH3 is 1. The minimum absolute atomic E-state index is 0.436. The molecule has 74 valence electrons. The van der Waals surface area contributed by atoms with E-state index >= 15 is 0 Å². The van der Waals surface area contributed by atoms with Crippen molar-refractivity contribution >= 4 is 11.3 Å². The van der Waals surface area contributed by atoms with Crippen molar-refractivity contribution in [2.75, 3.05) is 20.8 Å². The molecular weight excluding hydrogens is 182 g/mol. The van der Waals surface area contributed by atoms with E-state index in [9.17, 15) is 0 Å². The third-order valence-corrected chi connectivity index (χ3v) is 3.09. The van der Waals surface area contributed by atoms with Crippen LogP contribution in [-0.4, -0.2) is 20.8 Å². The molecule has 1 N–H and O–H groups in total. The van der Waals surface area contributed by atoms with Gasteiger partial charge in [-0.05, 0) is 37.4 Å². The van der Waals surface area contributed by atoms with Crippen LogP contribution in [-0.2, 0) is 4.74 Å². The number of nitrogens with one attached hydrogen (secondary N) is 1. The van der Waals surface area contributed by atoms with Gasteiger partial charge in [-0.15, -0.1) is 11.3 Å². The van der Waals surface area contributed by atoms with Gasteiger partial charge in [0.1, 0.15) is 0 Å². The normalized spacial score (nSPS) is 13.2. The largest absolute Gasteiger partial charge is 0.385 e. The fraction of sp³-hybridized carbons (Fsp3) is 0.600. The fourth-order valence-electron chi connectivity index (χ4n) is 1.45. The number of hydrogen-bond acceptors (Lipinski definition) is 3. The monoisotopic (exact) mass is 199 g/mol. The smallest absolute Gasteiger partial charge is 0.0480 e. The Morgan fingerprint density at radius 1 is 1.62 bits per heavy atom. The van der Waals surface area contributed by atoms with Crippen LogP contribution in [0.4, 0.5) is 0 Å². The molecule has 0 fully saturated rings. The Hall–Kier alpha value is -0.380. The number of rotatable bonds is 5. The van der Waals surface area contributed by atoms with Crippen molar-refractivity contribution < 1.29 is 4.74 Å². The van der Waals surface area contributed by atoms with Gasteiger partial charge in [-0.3, -0.25) is 0 Å². The lowest BCUT2D eigenvalue weighted by Gasteiger charge is -2.15. The van der Waals surface area contributed by atoms with E-state index in [1.165, 1.54) is 10.4 Å². The summed E-state index contributed by atoms with van der Waals surface area (Å²) in [5, 5.41) is 5.45. The highest BCUT2D eigenvalue weighted by atomic mass is 32.1. The maximum atomic E-state index is 5.08. The van der Waals surface area contributed by atoms with Crippen LogP contribution >= 0.6 is 11.3 Å². The summed E-state index contributed by atoms with van der Waals surface area (Å²) in [6.07, 6.45) is 1.03. The predicted octanol–water partition coefficient (Wildman–Crippen LogP) is 2.35. The lowest BCUT2D eigenvalue weighted by atomic mass is 10.1. The fourth-order valence-corrected chi connectivity index (χ4v) is 2.21. The number of aryl methyl sites for hydroxylation is 1. The first kappa shape index (κ1) is 10.7. The average molecular weight is 199 g/mol. The Morgan fingerprint density at radius 2 is 2.38 bits per heavy atom. The number of hydrogen-bond donors (Lipinski definition) is 1. The highest BCUT2D eigenvalue weighted by molar-refractivity contribution is 7.10. The Morgan fingerprint density at radius 3 is 2.85 bits per heavy atom. The first-order valence-electron chi connectivity index (χ1n) is 4.49. The summed E-state index contributed by atoms with van der Waals surface area (Å²) >= 11 is 1.80. The van der Waals surface area contributed by atoms with E-state index in [0.717, 1.165) is 13.0 Å². The van der Waals surface area contributed by atoms with Crippen LogP contribution < -0.4 is 5.32 Å². The molecule has 1 aromatic heterocycles. The van der Waals surface area contributed by atoms with Gasteiger partial charge in [-0.1, -0.05) is 0 Å². The van der Waals surface area contributed by atoms with Crippen molar-refractivity contribution in [3.8, 4) is 0 Å². The van der Waals surface area contributed by atoms with E-state index in [4.69, 9.17) is 4.74 Å². The summed E-state index contributed by atoms with van der Waals surface area (Å²) in [5.74, 6) is 0. The van der Waals surface area contributed by atoms with Gasteiger partial charge in [0.25, 0.3) is 0 Å². The van der Waals surface area contributed by atoms with E-state index in [1.807, 2.05) is 7.05 Å². The minimum Gasteiger partial charge on any atom is -0.385 e. The molecule has 0 spiro atoms. The molecule has 0 aliphatic heterocycles. The van der Waals surface area contributed by atoms with Crippen LogP contribution in [0.2, 0.25) is 0 Å². The third kappa shape index (κ3) is 2.79. The van der Waals surface area contributed by atoms with E-state index in [0.29, 0.717) is 6.04 Å². The Balaban J connectivity index is 2.61.